The molecule has 3 saturated carbocycles. The van der Waals surface area contributed by atoms with Gasteiger partial charge in [-0.2, -0.15) is 0 Å². The lowest BCUT2D eigenvalue weighted by Gasteiger charge is -2.58. The molecule has 0 amide bonds. The van der Waals surface area contributed by atoms with Crippen molar-refractivity contribution in [3.05, 3.63) is 11.6 Å². The van der Waals surface area contributed by atoms with Crippen molar-refractivity contribution in [3.8, 4) is 0 Å². The molecule has 184 valence electrons. The number of fused-ring (bicyclic) bond motifs is 5. The molecular formula is C28H43NO4. The summed E-state index contributed by atoms with van der Waals surface area (Å²) in [6.45, 7) is 10.9. The molecule has 4 aliphatic carbocycles. The maximum atomic E-state index is 12.5. The summed E-state index contributed by atoms with van der Waals surface area (Å²) in [7, 11) is 0. The standard InChI is InChI=1S/C28H43NO4/c1-19(30)23-6-7-24-22-5-4-20-18-21(33-26(31)10-13-29-14-16-32-17-15-29)8-11-27(20,2)25(22)9-12-28(23,24)3/h4,21-25H,5-18H2,1-3H3/t21?,22?,23?,24?,25?,27-,28+/m0/s1. The monoisotopic (exact) mass is 457 g/mol. The number of morpholine rings is 1. The van der Waals surface area contributed by atoms with E-state index in [0.717, 1.165) is 76.8 Å². The second kappa shape index (κ2) is 9.11. The van der Waals surface area contributed by atoms with E-state index in [-0.39, 0.29) is 28.8 Å². The highest BCUT2D eigenvalue weighted by molar-refractivity contribution is 5.79. The lowest BCUT2D eigenvalue weighted by atomic mass is 9.47. The van der Waals surface area contributed by atoms with Crippen molar-refractivity contribution >= 4 is 11.8 Å². The number of carbonyl (C=O) groups is 2. The Hall–Kier alpha value is -1.20. The molecule has 1 heterocycles. The zero-order valence-electron chi connectivity index (χ0n) is 20.9. The average Bonchev–Trinajstić information content (AvgIpc) is 3.16. The van der Waals surface area contributed by atoms with Crippen LogP contribution < -0.4 is 0 Å². The summed E-state index contributed by atoms with van der Waals surface area (Å²) >= 11 is 0. The largest absolute Gasteiger partial charge is 0.462 e. The van der Waals surface area contributed by atoms with Gasteiger partial charge in [0.1, 0.15) is 11.9 Å². The highest BCUT2D eigenvalue weighted by Crippen LogP contribution is 2.66. The molecule has 33 heavy (non-hydrogen) atoms. The number of hydrogen-bond acceptors (Lipinski definition) is 5. The Labute approximate surface area is 199 Å². The smallest absolute Gasteiger partial charge is 0.307 e. The van der Waals surface area contributed by atoms with Crippen LogP contribution in [0.3, 0.4) is 0 Å². The Morgan fingerprint density at radius 2 is 1.88 bits per heavy atom. The Kier molecular flexibility index (Phi) is 6.50. The fourth-order valence-corrected chi connectivity index (χ4v) is 8.71. The van der Waals surface area contributed by atoms with Crippen LogP contribution in [0.15, 0.2) is 11.6 Å². The van der Waals surface area contributed by atoms with Gasteiger partial charge in [0.25, 0.3) is 0 Å². The molecule has 0 radical (unpaired) electrons. The second-order valence-electron chi connectivity index (χ2n) is 12.1. The van der Waals surface area contributed by atoms with Gasteiger partial charge in [-0.25, -0.2) is 0 Å². The number of esters is 1. The number of rotatable bonds is 5. The number of hydrogen-bond donors (Lipinski definition) is 0. The van der Waals surface area contributed by atoms with Gasteiger partial charge in [-0.3, -0.25) is 14.5 Å². The third kappa shape index (κ3) is 4.22. The normalized spacial score (nSPS) is 43.1. The molecule has 0 N–H and O–H groups in total. The van der Waals surface area contributed by atoms with E-state index in [9.17, 15) is 9.59 Å². The first-order chi connectivity index (χ1) is 15.8. The van der Waals surface area contributed by atoms with Gasteiger partial charge in [0.05, 0.1) is 19.6 Å². The van der Waals surface area contributed by atoms with E-state index in [1.165, 1.54) is 19.3 Å². The molecule has 5 nitrogen and oxygen atoms in total. The summed E-state index contributed by atoms with van der Waals surface area (Å²) in [6.07, 6.45) is 12.0. The molecular weight excluding hydrogens is 414 g/mol. The zero-order valence-corrected chi connectivity index (χ0v) is 20.9. The topological polar surface area (TPSA) is 55.8 Å². The highest BCUT2D eigenvalue weighted by Gasteiger charge is 2.59. The Morgan fingerprint density at radius 3 is 2.64 bits per heavy atom. The first-order valence-electron chi connectivity index (χ1n) is 13.5. The van der Waals surface area contributed by atoms with Crippen LogP contribution in [0.25, 0.3) is 0 Å². The highest BCUT2D eigenvalue weighted by atomic mass is 16.5. The van der Waals surface area contributed by atoms with Crippen LogP contribution in [-0.4, -0.2) is 55.6 Å². The van der Waals surface area contributed by atoms with Crippen molar-refractivity contribution in [1.82, 2.24) is 4.90 Å². The van der Waals surface area contributed by atoms with E-state index in [1.54, 1.807) is 5.57 Å². The molecule has 1 saturated heterocycles. The molecule has 4 fully saturated rings. The number of ether oxygens (including phenoxy) is 2. The van der Waals surface area contributed by atoms with Gasteiger partial charge >= 0.3 is 5.97 Å². The Morgan fingerprint density at radius 1 is 1.09 bits per heavy atom. The van der Waals surface area contributed by atoms with Crippen LogP contribution in [-0.2, 0) is 19.1 Å². The van der Waals surface area contributed by atoms with Crippen molar-refractivity contribution in [2.45, 2.75) is 84.7 Å². The first kappa shape index (κ1) is 23.5. The molecule has 5 heteroatoms. The minimum atomic E-state index is -0.0426. The van der Waals surface area contributed by atoms with Gasteiger partial charge in [-0.1, -0.05) is 25.5 Å². The number of nitrogens with zero attached hydrogens (tertiary/aromatic N) is 1. The van der Waals surface area contributed by atoms with Crippen LogP contribution in [0.1, 0.15) is 78.6 Å². The van der Waals surface area contributed by atoms with Gasteiger partial charge in [0.15, 0.2) is 0 Å². The van der Waals surface area contributed by atoms with Crippen molar-refractivity contribution in [1.29, 1.82) is 0 Å². The fourth-order valence-electron chi connectivity index (χ4n) is 8.71. The maximum Gasteiger partial charge on any atom is 0.307 e. The van der Waals surface area contributed by atoms with Crippen LogP contribution in [0.4, 0.5) is 0 Å². The molecule has 5 unspecified atom stereocenters. The molecule has 0 aromatic rings. The van der Waals surface area contributed by atoms with Crippen molar-refractivity contribution in [2.24, 2.45) is 34.5 Å². The van der Waals surface area contributed by atoms with Gasteiger partial charge in [0.2, 0.25) is 0 Å². The Bertz CT molecular complexity index is 802. The number of carbonyl (C=O) groups excluding carboxylic acids is 2. The predicted octanol–water partition coefficient (Wildman–Crippen LogP) is 4.79. The summed E-state index contributed by atoms with van der Waals surface area (Å²) in [5.74, 6) is 2.77. The molecule has 0 bridgehead atoms. The maximum absolute atomic E-state index is 12.5. The third-order valence-corrected chi connectivity index (χ3v) is 10.6. The van der Waals surface area contributed by atoms with Gasteiger partial charge in [0, 0.05) is 32.0 Å². The van der Waals surface area contributed by atoms with Crippen molar-refractivity contribution in [3.63, 3.8) is 0 Å². The van der Waals surface area contributed by atoms with E-state index >= 15 is 0 Å². The van der Waals surface area contributed by atoms with E-state index in [2.05, 4.69) is 24.8 Å². The molecule has 5 rings (SSSR count). The lowest BCUT2D eigenvalue weighted by Crippen LogP contribution is -2.51. The zero-order chi connectivity index (χ0) is 23.2. The molecule has 0 aromatic heterocycles. The van der Waals surface area contributed by atoms with Gasteiger partial charge < -0.3 is 9.47 Å². The average molecular weight is 458 g/mol. The van der Waals surface area contributed by atoms with Crippen molar-refractivity contribution in [2.75, 3.05) is 32.8 Å². The molecule has 1 aliphatic heterocycles. The number of Topliss-reactive ketones (excluding diaryl/α,β-unsaturated/α-hetero) is 1. The SMILES string of the molecule is CC(=O)C1CCC2C3CC=C4CC(OC(=O)CCN5CCOCC5)CC[C@]4(C)C3CC[C@]12C. The fraction of sp³-hybridized carbons (Fsp3) is 0.857. The Balaban J connectivity index is 1.21. The van der Waals surface area contributed by atoms with E-state index in [0.29, 0.717) is 18.1 Å². The van der Waals surface area contributed by atoms with E-state index in [1.807, 2.05) is 6.92 Å². The second-order valence-corrected chi connectivity index (χ2v) is 12.1. The van der Waals surface area contributed by atoms with E-state index < -0.39 is 0 Å². The van der Waals surface area contributed by atoms with Gasteiger partial charge in [-0.05, 0) is 80.5 Å². The van der Waals surface area contributed by atoms with Crippen molar-refractivity contribution < 1.29 is 19.1 Å². The number of allylic oxidation sites excluding steroid dienone is 1. The van der Waals surface area contributed by atoms with E-state index in [4.69, 9.17) is 9.47 Å². The third-order valence-electron chi connectivity index (χ3n) is 10.6. The molecule has 7 atom stereocenters. The van der Waals surface area contributed by atoms with Crippen LogP contribution in [0.5, 0.6) is 0 Å². The summed E-state index contributed by atoms with van der Waals surface area (Å²) in [5, 5.41) is 0. The number of ketones is 1. The molecule has 0 aromatic carbocycles. The van der Waals surface area contributed by atoms with Crippen LogP contribution in [0, 0.1) is 34.5 Å². The lowest BCUT2D eigenvalue weighted by molar-refractivity contribution is -0.152. The quantitative estimate of drug-likeness (QED) is 0.439. The molecule has 0 spiro atoms. The predicted molar refractivity (Wildman–Crippen MR) is 128 cm³/mol. The van der Waals surface area contributed by atoms with Crippen LogP contribution in [0.2, 0.25) is 0 Å². The minimum absolute atomic E-state index is 0.0421. The summed E-state index contributed by atoms with van der Waals surface area (Å²) in [4.78, 5) is 27.2. The summed E-state index contributed by atoms with van der Waals surface area (Å²) in [5.41, 5.74) is 2.00. The first-order valence-corrected chi connectivity index (χ1v) is 13.5. The summed E-state index contributed by atoms with van der Waals surface area (Å²) in [6, 6.07) is 0. The van der Waals surface area contributed by atoms with Crippen LogP contribution >= 0.6 is 0 Å². The minimum Gasteiger partial charge on any atom is -0.462 e. The molecule has 5 aliphatic rings. The summed E-state index contributed by atoms with van der Waals surface area (Å²) < 4.78 is 11.4. The van der Waals surface area contributed by atoms with Gasteiger partial charge in [-0.15, -0.1) is 0 Å².